The fourth-order valence-electron chi connectivity index (χ4n) is 4.97. The zero-order valence-electron chi connectivity index (χ0n) is 9.87. The van der Waals surface area contributed by atoms with E-state index in [9.17, 15) is 5.11 Å². The van der Waals surface area contributed by atoms with Crippen LogP contribution in [0, 0.1) is 23.2 Å². The molecular weight excluding hydrogens is 186 g/mol. The van der Waals surface area contributed by atoms with Crippen LogP contribution in [0.15, 0.2) is 0 Å². The minimum atomic E-state index is -0.0345. The third-order valence-corrected chi connectivity index (χ3v) is 5.61. The lowest BCUT2D eigenvalue weighted by Crippen LogP contribution is -2.62. The standard InChI is InChI=1S/C13H23NO/c1-8(14-2)13-6-9-3-10(7-13)5-11(4-9)12(13)15/h8-12,14-15H,3-7H2,1-2H3. The highest BCUT2D eigenvalue weighted by Crippen LogP contribution is 2.61. The molecule has 4 aliphatic carbocycles. The van der Waals surface area contributed by atoms with E-state index in [2.05, 4.69) is 12.2 Å². The molecule has 0 heterocycles. The Morgan fingerprint density at radius 2 is 1.80 bits per heavy atom. The molecule has 15 heavy (non-hydrogen) atoms. The number of hydrogen-bond donors (Lipinski definition) is 2. The zero-order valence-corrected chi connectivity index (χ0v) is 9.87. The molecule has 0 radical (unpaired) electrons. The van der Waals surface area contributed by atoms with Gasteiger partial charge in [-0.05, 0) is 63.8 Å². The first-order valence-electron chi connectivity index (χ1n) is 6.51. The summed E-state index contributed by atoms with van der Waals surface area (Å²) < 4.78 is 0. The van der Waals surface area contributed by atoms with Gasteiger partial charge in [-0.3, -0.25) is 0 Å². The molecule has 0 aromatic rings. The quantitative estimate of drug-likeness (QED) is 0.726. The van der Waals surface area contributed by atoms with Crippen molar-refractivity contribution in [3.05, 3.63) is 0 Å². The second-order valence-corrected chi connectivity index (χ2v) is 6.30. The van der Waals surface area contributed by atoms with Crippen LogP contribution in [-0.4, -0.2) is 24.3 Å². The largest absolute Gasteiger partial charge is 0.392 e. The van der Waals surface area contributed by atoms with Crippen LogP contribution in [0.2, 0.25) is 0 Å². The Kier molecular flexibility index (Phi) is 2.16. The smallest absolute Gasteiger partial charge is 0.0639 e. The van der Waals surface area contributed by atoms with Crippen molar-refractivity contribution < 1.29 is 5.11 Å². The van der Waals surface area contributed by atoms with Crippen molar-refractivity contribution in [2.75, 3.05) is 7.05 Å². The van der Waals surface area contributed by atoms with Gasteiger partial charge in [-0.15, -0.1) is 0 Å². The van der Waals surface area contributed by atoms with Crippen molar-refractivity contribution in [2.24, 2.45) is 23.2 Å². The molecule has 0 spiro atoms. The summed E-state index contributed by atoms with van der Waals surface area (Å²) in [5.74, 6) is 2.45. The fraction of sp³-hybridized carbons (Fsp3) is 1.00. The first-order chi connectivity index (χ1) is 7.15. The van der Waals surface area contributed by atoms with Crippen LogP contribution in [0.1, 0.15) is 39.0 Å². The summed E-state index contributed by atoms with van der Waals surface area (Å²) in [7, 11) is 2.04. The Morgan fingerprint density at radius 3 is 2.33 bits per heavy atom. The van der Waals surface area contributed by atoms with E-state index < -0.39 is 0 Å². The van der Waals surface area contributed by atoms with E-state index in [-0.39, 0.29) is 11.5 Å². The molecule has 0 aliphatic heterocycles. The maximum Gasteiger partial charge on any atom is 0.0639 e. The van der Waals surface area contributed by atoms with Gasteiger partial charge in [-0.2, -0.15) is 0 Å². The van der Waals surface area contributed by atoms with E-state index in [1.54, 1.807) is 0 Å². The first kappa shape index (κ1) is 10.1. The summed E-state index contributed by atoms with van der Waals surface area (Å²) in [4.78, 5) is 0. The summed E-state index contributed by atoms with van der Waals surface area (Å²) in [5.41, 5.74) is 0.212. The minimum absolute atomic E-state index is 0.0345. The number of aliphatic hydroxyl groups is 1. The van der Waals surface area contributed by atoms with E-state index in [1.165, 1.54) is 32.1 Å². The second kappa shape index (κ2) is 3.21. The minimum Gasteiger partial charge on any atom is -0.392 e. The molecule has 4 atom stereocenters. The van der Waals surface area contributed by atoms with Gasteiger partial charge in [0.05, 0.1) is 6.10 Å². The van der Waals surface area contributed by atoms with Crippen LogP contribution < -0.4 is 5.32 Å². The highest BCUT2D eigenvalue weighted by atomic mass is 16.3. The Labute approximate surface area is 92.4 Å². The van der Waals surface area contributed by atoms with Crippen LogP contribution >= 0.6 is 0 Å². The molecule has 2 N–H and O–H groups in total. The first-order valence-corrected chi connectivity index (χ1v) is 6.51. The number of rotatable bonds is 2. The van der Waals surface area contributed by atoms with Gasteiger partial charge in [-0.25, -0.2) is 0 Å². The summed E-state index contributed by atoms with van der Waals surface area (Å²) in [5, 5.41) is 13.9. The zero-order chi connectivity index (χ0) is 10.6. The van der Waals surface area contributed by atoms with Gasteiger partial charge in [-0.1, -0.05) is 0 Å². The molecule has 4 bridgehead atoms. The molecule has 4 aliphatic rings. The molecule has 4 unspecified atom stereocenters. The van der Waals surface area contributed by atoms with Crippen molar-refractivity contribution in [2.45, 2.75) is 51.2 Å². The Hall–Kier alpha value is -0.0800. The lowest BCUT2D eigenvalue weighted by molar-refractivity contribution is -0.166. The molecule has 0 aromatic heterocycles. The summed E-state index contributed by atoms with van der Waals surface area (Å²) >= 11 is 0. The predicted molar refractivity (Wildman–Crippen MR) is 60.5 cm³/mol. The average Bonchev–Trinajstić information content (AvgIpc) is 2.23. The third-order valence-electron chi connectivity index (χ3n) is 5.61. The van der Waals surface area contributed by atoms with Gasteiger partial charge >= 0.3 is 0 Å². The fourth-order valence-corrected chi connectivity index (χ4v) is 4.97. The third kappa shape index (κ3) is 1.24. The summed E-state index contributed by atoms with van der Waals surface area (Å²) in [6.07, 6.45) is 6.55. The van der Waals surface area contributed by atoms with E-state index in [0.717, 1.165) is 11.8 Å². The van der Waals surface area contributed by atoms with Crippen LogP contribution in [0.4, 0.5) is 0 Å². The molecule has 0 aromatic carbocycles. The van der Waals surface area contributed by atoms with Crippen molar-refractivity contribution >= 4 is 0 Å². The van der Waals surface area contributed by atoms with Gasteiger partial charge in [0, 0.05) is 11.5 Å². The van der Waals surface area contributed by atoms with Gasteiger partial charge < -0.3 is 10.4 Å². The summed E-state index contributed by atoms with van der Waals surface area (Å²) in [6, 6.07) is 0.473. The van der Waals surface area contributed by atoms with Crippen LogP contribution in [0.5, 0.6) is 0 Å². The molecule has 0 saturated heterocycles. The van der Waals surface area contributed by atoms with Crippen molar-refractivity contribution in [3.63, 3.8) is 0 Å². The van der Waals surface area contributed by atoms with Gasteiger partial charge in [0.15, 0.2) is 0 Å². The SMILES string of the molecule is CNC(C)C12CC3CC(CC(C3)C1O)C2. The highest BCUT2D eigenvalue weighted by Gasteiger charge is 2.58. The van der Waals surface area contributed by atoms with Crippen molar-refractivity contribution in [1.29, 1.82) is 0 Å². The van der Waals surface area contributed by atoms with E-state index in [1.807, 2.05) is 7.05 Å². The Morgan fingerprint density at radius 1 is 1.20 bits per heavy atom. The maximum absolute atomic E-state index is 10.5. The highest BCUT2D eigenvalue weighted by molar-refractivity contribution is 5.09. The maximum atomic E-state index is 10.5. The molecular formula is C13H23NO. The molecule has 2 nitrogen and oxygen atoms in total. The van der Waals surface area contributed by atoms with Crippen molar-refractivity contribution in [3.8, 4) is 0 Å². The molecule has 4 fully saturated rings. The molecule has 4 rings (SSSR count). The van der Waals surface area contributed by atoms with E-state index in [0.29, 0.717) is 12.0 Å². The number of hydrogen-bond acceptors (Lipinski definition) is 2. The van der Waals surface area contributed by atoms with Gasteiger partial charge in [0.1, 0.15) is 0 Å². The van der Waals surface area contributed by atoms with E-state index >= 15 is 0 Å². The van der Waals surface area contributed by atoms with Crippen molar-refractivity contribution in [1.82, 2.24) is 5.32 Å². The van der Waals surface area contributed by atoms with Crippen LogP contribution in [0.25, 0.3) is 0 Å². The average molecular weight is 209 g/mol. The van der Waals surface area contributed by atoms with Gasteiger partial charge in [0.2, 0.25) is 0 Å². The Balaban J connectivity index is 1.94. The van der Waals surface area contributed by atoms with E-state index in [4.69, 9.17) is 0 Å². The molecule has 2 heteroatoms. The van der Waals surface area contributed by atoms with Gasteiger partial charge in [0.25, 0.3) is 0 Å². The molecule has 0 amide bonds. The normalized spacial score (nSPS) is 54.6. The van der Waals surface area contributed by atoms with Crippen LogP contribution in [0.3, 0.4) is 0 Å². The number of nitrogens with one attached hydrogen (secondary N) is 1. The lowest BCUT2D eigenvalue weighted by Gasteiger charge is -2.61. The summed E-state index contributed by atoms with van der Waals surface area (Å²) in [6.45, 7) is 2.26. The molecule has 4 saturated carbocycles. The van der Waals surface area contributed by atoms with Crippen LogP contribution in [-0.2, 0) is 0 Å². The molecule has 86 valence electrons. The topological polar surface area (TPSA) is 32.3 Å². The lowest BCUT2D eigenvalue weighted by atomic mass is 9.46. The predicted octanol–water partition coefficient (Wildman–Crippen LogP) is 1.78. The Bertz CT molecular complexity index is 251. The monoisotopic (exact) mass is 209 g/mol. The number of aliphatic hydroxyl groups excluding tert-OH is 1. The second-order valence-electron chi connectivity index (χ2n) is 6.30.